The molecule has 8 nitrogen and oxygen atoms in total. The van der Waals surface area contributed by atoms with Gasteiger partial charge in [-0.25, -0.2) is 18.6 Å². The lowest BCUT2D eigenvalue weighted by atomic mass is 10.1. The number of benzene rings is 1. The van der Waals surface area contributed by atoms with Crippen LogP contribution in [-0.2, 0) is 22.1 Å². The molecule has 1 aliphatic heterocycles. The minimum absolute atomic E-state index is 0.00374. The van der Waals surface area contributed by atoms with E-state index in [-0.39, 0.29) is 34.2 Å². The number of amides is 1. The van der Waals surface area contributed by atoms with E-state index in [0.29, 0.717) is 41.5 Å². The molecule has 13 heteroatoms. The number of aromatic nitrogens is 3. The van der Waals surface area contributed by atoms with Crippen LogP contribution in [0.3, 0.4) is 0 Å². The molecule has 1 amide bonds. The second kappa shape index (κ2) is 12.1. The Balaban J connectivity index is 1.35. The van der Waals surface area contributed by atoms with Crippen LogP contribution in [0.15, 0.2) is 59.6 Å². The van der Waals surface area contributed by atoms with E-state index in [9.17, 15) is 22.2 Å². The molecular weight excluding hydrogens is 579 g/mol. The quantitative estimate of drug-likeness (QED) is 0.304. The molecule has 0 radical (unpaired) electrons. The highest BCUT2D eigenvalue weighted by Gasteiger charge is 2.24. The van der Waals surface area contributed by atoms with E-state index in [4.69, 9.17) is 16.3 Å². The average molecular weight is 604 g/mol. The first-order valence-corrected chi connectivity index (χ1v) is 14.3. The van der Waals surface area contributed by atoms with Crippen molar-refractivity contribution in [3.63, 3.8) is 0 Å². The highest BCUT2D eigenvalue weighted by molar-refractivity contribution is 7.85. The number of morpholine rings is 1. The maximum absolute atomic E-state index is 14.7. The molecule has 0 unspecified atom stereocenters. The number of rotatable bonds is 7. The number of nitrogens with zero attached hydrogens (tertiary/aromatic N) is 4. The number of anilines is 1. The minimum atomic E-state index is -3.11. The topological polar surface area (TPSA) is 97.3 Å². The largest absolute Gasteiger partial charge is 0.372 e. The molecule has 1 fully saturated rings. The Bertz CT molecular complexity index is 1630. The number of alkyl halides is 2. The van der Waals surface area contributed by atoms with Gasteiger partial charge in [0, 0.05) is 52.3 Å². The van der Waals surface area contributed by atoms with Gasteiger partial charge in [-0.1, -0.05) is 11.6 Å². The summed E-state index contributed by atoms with van der Waals surface area (Å²) in [5.41, 5.74) is 1.85. The minimum Gasteiger partial charge on any atom is -0.372 e. The molecule has 41 heavy (non-hydrogen) atoms. The number of halogens is 4. The van der Waals surface area contributed by atoms with Gasteiger partial charge in [0.1, 0.15) is 22.4 Å². The van der Waals surface area contributed by atoms with E-state index in [1.807, 2.05) is 18.7 Å². The number of fused-ring (bicyclic) bond motifs is 1. The van der Waals surface area contributed by atoms with Crippen molar-refractivity contribution in [2.75, 3.05) is 18.0 Å². The molecule has 0 aliphatic carbocycles. The summed E-state index contributed by atoms with van der Waals surface area (Å²) >= 11 is 5.95. The predicted octanol–water partition coefficient (Wildman–Crippen LogP) is 5.36. The number of pyridine rings is 3. The Morgan fingerprint density at radius 3 is 2.59 bits per heavy atom. The van der Waals surface area contributed by atoms with Crippen LogP contribution in [-0.4, -0.2) is 56.1 Å². The Kier molecular flexibility index (Phi) is 8.52. The third kappa shape index (κ3) is 6.83. The Hall–Kier alpha value is -3.61. The maximum Gasteiger partial charge on any atom is 0.316 e. The second-order valence-corrected chi connectivity index (χ2v) is 11.5. The van der Waals surface area contributed by atoms with Crippen LogP contribution in [0.1, 0.15) is 29.9 Å². The van der Waals surface area contributed by atoms with Gasteiger partial charge in [-0.05, 0) is 50.2 Å². The van der Waals surface area contributed by atoms with Gasteiger partial charge in [0.2, 0.25) is 0 Å². The maximum atomic E-state index is 14.7. The van der Waals surface area contributed by atoms with Crippen LogP contribution >= 0.6 is 11.6 Å². The molecule has 4 aromatic rings. The Labute approximate surface area is 241 Å². The summed E-state index contributed by atoms with van der Waals surface area (Å²) in [5.74, 6) is -3.64. The van der Waals surface area contributed by atoms with Crippen LogP contribution in [0.4, 0.5) is 19.0 Å². The van der Waals surface area contributed by atoms with Gasteiger partial charge in [-0.2, -0.15) is 8.78 Å². The standard InChI is InChI=1S/C28H25ClF3N5O3S/c1-15-13-37(14-16(2)40-15)26-9-20(30)8-25(36-26)23-4-3-17-11-33-21(10-24(17)35-23)12-34-27(38)18-5-19(29)7-22(6-18)41(39)28(31)32/h3-11,15-16,28H,12-14H2,1-2H3,(H,34,38)/t15-,16+,41-/m1/s1. The number of carbonyl (C=O) groups excluding carboxylic acids is 1. The van der Waals surface area contributed by atoms with E-state index in [0.717, 1.165) is 17.5 Å². The van der Waals surface area contributed by atoms with Gasteiger partial charge < -0.3 is 15.0 Å². The zero-order chi connectivity index (χ0) is 29.3. The van der Waals surface area contributed by atoms with Crippen molar-refractivity contribution in [3.8, 4) is 11.4 Å². The van der Waals surface area contributed by atoms with E-state index in [1.165, 1.54) is 18.2 Å². The molecule has 1 N–H and O–H groups in total. The molecule has 4 heterocycles. The second-order valence-electron chi connectivity index (χ2n) is 9.67. The third-order valence-corrected chi connectivity index (χ3v) is 7.61. The van der Waals surface area contributed by atoms with E-state index in [2.05, 4.69) is 20.3 Å². The van der Waals surface area contributed by atoms with Crippen LogP contribution in [0.25, 0.3) is 22.3 Å². The lowest BCUT2D eigenvalue weighted by molar-refractivity contribution is -0.00547. The smallest absolute Gasteiger partial charge is 0.316 e. The summed E-state index contributed by atoms with van der Waals surface area (Å²) in [4.78, 5) is 28.1. The zero-order valence-corrected chi connectivity index (χ0v) is 23.6. The normalized spacial score (nSPS) is 18.1. The lowest BCUT2D eigenvalue weighted by Crippen LogP contribution is -2.45. The predicted molar refractivity (Wildman–Crippen MR) is 150 cm³/mol. The van der Waals surface area contributed by atoms with Crippen LogP contribution < -0.4 is 10.2 Å². The molecule has 0 spiro atoms. The molecule has 1 saturated heterocycles. The first-order chi connectivity index (χ1) is 19.5. The zero-order valence-electron chi connectivity index (χ0n) is 22.0. The summed E-state index contributed by atoms with van der Waals surface area (Å²) in [6.07, 6.45) is 1.57. The summed E-state index contributed by atoms with van der Waals surface area (Å²) < 4.78 is 58.0. The lowest BCUT2D eigenvalue weighted by Gasteiger charge is -2.36. The molecule has 214 valence electrons. The van der Waals surface area contributed by atoms with Crippen LogP contribution in [0.2, 0.25) is 5.02 Å². The summed E-state index contributed by atoms with van der Waals surface area (Å²) in [7, 11) is -2.61. The molecule has 0 bridgehead atoms. The van der Waals surface area contributed by atoms with Crippen LogP contribution in [0.5, 0.6) is 0 Å². The summed E-state index contributed by atoms with van der Waals surface area (Å²) in [5, 5.41) is 3.39. The molecule has 3 atom stereocenters. The van der Waals surface area contributed by atoms with E-state index in [1.54, 1.807) is 24.4 Å². The monoisotopic (exact) mass is 603 g/mol. The van der Waals surface area contributed by atoms with Gasteiger partial charge in [0.05, 0.1) is 41.4 Å². The molecular formula is C28H25ClF3N5O3S. The van der Waals surface area contributed by atoms with E-state index >= 15 is 0 Å². The number of nitrogens with one attached hydrogen (secondary N) is 1. The first-order valence-electron chi connectivity index (χ1n) is 12.7. The van der Waals surface area contributed by atoms with Crippen molar-refractivity contribution in [1.82, 2.24) is 20.3 Å². The fraction of sp³-hybridized carbons (Fsp3) is 0.286. The highest BCUT2D eigenvalue weighted by Crippen LogP contribution is 2.26. The van der Waals surface area contributed by atoms with E-state index < -0.39 is 28.3 Å². The van der Waals surface area contributed by atoms with Gasteiger partial charge >= 0.3 is 5.76 Å². The van der Waals surface area contributed by atoms with Gasteiger partial charge in [-0.15, -0.1) is 0 Å². The number of hydrogen-bond donors (Lipinski definition) is 1. The fourth-order valence-corrected chi connectivity index (χ4v) is 5.62. The van der Waals surface area contributed by atoms with Crippen molar-refractivity contribution in [1.29, 1.82) is 0 Å². The van der Waals surface area contributed by atoms with Gasteiger partial charge in [-0.3, -0.25) is 9.78 Å². The first kappa shape index (κ1) is 28.9. The average Bonchev–Trinajstić information content (AvgIpc) is 2.93. The van der Waals surface area contributed by atoms with Crippen molar-refractivity contribution in [2.45, 2.75) is 43.3 Å². The van der Waals surface area contributed by atoms with Gasteiger partial charge in [0.15, 0.2) is 0 Å². The number of carbonyl (C=O) groups is 1. The molecule has 1 aliphatic rings. The summed E-state index contributed by atoms with van der Waals surface area (Å²) in [6.45, 7) is 5.10. The Morgan fingerprint density at radius 1 is 1.10 bits per heavy atom. The highest BCUT2D eigenvalue weighted by atomic mass is 35.5. The van der Waals surface area contributed by atoms with Gasteiger partial charge in [0.25, 0.3) is 5.91 Å². The molecule has 3 aromatic heterocycles. The molecule has 0 saturated carbocycles. The number of hydrogen-bond acceptors (Lipinski definition) is 7. The fourth-order valence-electron chi connectivity index (χ4n) is 4.62. The number of ether oxygens (including phenoxy) is 1. The van der Waals surface area contributed by atoms with Crippen LogP contribution in [0, 0.1) is 5.82 Å². The summed E-state index contributed by atoms with van der Waals surface area (Å²) in [6, 6.07) is 11.5. The van der Waals surface area contributed by atoms with Crippen molar-refractivity contribution < 1.29 is 26.9 Å². The van der Waals surface area contributed by atoms with Crippen molar-refractivity contribution in [2.24, 2.45) is 0 Å². The molecule has 5 rings (SSSR count). The molecule has 1 aromatic carbocycles. The van der Waals surface area contributed by atoms with Crippen molar-refractivity contribution in [3.05, 3.63) is 76.8 Å². The Morgan fingerprint density at radius 2 is 1.85 bits per heavy atom. The third-order valence-electron chi connectivity index (χ3n) is 6.37. The SMILES string of the molecule is C[C@@H]1CN(c2cc(F)cc(-c3ccc4cnc(CNC(=O)c5cc(Cl)cc([S@@](=O)C(F)F)c5)cc4n3)n2)C[C@H](C)O1. The van der Waals surface area contributed by atoms with Crippen molar-refractivity contribution >= 4 is 45.0 Å².